The van der Waals surface area contributed by atoms with Crippen molar-refractivity contribution in [3.05, 3.63) is 41.9 Å². The van der Waals surface area contributed by atoms with Crippen LogP contribution in [-0.2, 0) is 4.79 Å². The number of carbonyl (C=O) groups excluding carboxylic acids is 1. The van der Waals surface area contributed by atoms with Gasteiger partial charge in [0.1, 0.15) is 23.7 Å². The van der Waals surface area contributed by atoms with Gasteiger partial charge in [0.25, 0.3) is 0 Å². The number of nitrogens with one attached hydrogen (secondary N) is 1. The van der Waals surface area contributed by atoms with Crippen LogP contribution in [0.25, 0.3) is 0 Å². The Labute approximate surface area is 146 Å². The molecule has 128 valence electrons. The molecule has 1 aromatic heterocycles. The average molecular weight is 337 g/mol. The second-order valence-corrected chi connectivity index (χ2v) is 5.92. The van der Waals surface area contributed by atoms with Gasteiger partial charge in [-0.15, -0.1) is 0 Å². The topological polar surface area (TPSA) is 91.1 Å². The van der Waals surface area contributed by atoms with Crippen LogP contribution in [-0.4, -0.2) is 35.6 Å². The van der Waals surface area contributed by atoms with Gasteiger partial charge in [-0.3, -0.25) is 4.79 Å². The summed E-state index contributed by atoms with van der Waals surface area (Å²) < 4.78 is 5.32. The molecule has 1 N–H and O–H groups in total. The fourth-order valence-electron chi connectivity index (χ4n) is 2.98. The second kappa shape index (κ2) is 7.18. The Morgan fingerprint density at radius 2 is 2.24 bits per heavy atom. The molecule has 1 fully saturated rings. The van der Waals surface area contributed by atoms with Crippen molar-refractivity contribution in [3.8, 4) is 11.8 Å². The summed E-state index contributed by atoms with van der Waals surface area (Å²) in [6.07, 6.45) is 4.59. The van der Waals surface area contributed by atoms with Crippen molar-refractivity contribution in [1.29, 1.82) is 5.26 Å². The molecule has 1 aliphatic rings. The predicted molar refractivity (Wildman–Crippen MR) is 93.5 cm³/mol. The van der Waals surface area contributed by atoms with E-state index in [0.717, 1.165) is 24.9 Å². The predicted octanol–water partition coefficient (Wildman–Crippen LogP) is 2.27. The highest BCUT2D eigenvalue weighted by Gasteiger charge is 2.32. The molecule has 0 unspecified atom stereocenters. The number of rotatable bonds is 4. The smallest absolute Gasteiger partial charge is 0.247 e. The van der Waals surface area contributed by atoms with Crippen molar-refractivity contribution in [2.75, 3.05) is 23.9 Å². The monoisotopic (exact) mass is 337 g/mol. The number of methoxy groups -OCH3 is 1. The Hall–Kier alpha value is -3.14. The van der Waals surface area contributed by atoms with Gasteiger partial charge in [-0.25, -0.2) is 9.97 Å². The molecule has 1 atom stereocenters. The molecule has 7 nitrogen and oxygen atoms in total. The number of hydrogen-bond donors (Lipinski definition) is 1. The van der Waals surface area contributed by atoms with Gasteiger partial charge in [0, 0.05) is 6.54 Å². The summed E-state index contributed by atoms with van der Waals surface area (Å²) >= 11 is 0. The molecule has 0 aliphatic carbocycles. The third kappa shape index (κ3) is 3.53. The molecule has 0 radical (unpaired) electrons. The lowest BCUT2D eigenvalue weighted by Gasteiger charge is -2.25. The van der Waals surface area contributed by atoms with E-state index in [-0.39, 0.29) is 17.6 Å². The van der Waals surface area contributed by atoms with E-state index in [1.807, 2.05) is 36.1 Å². The van der Waals surface area contributed by atoms with Crippen LogP contribution < -0.4 is 15.0 Å². The van der Waals surface area contributed by atoms with E-state index in [9.17, 15) is 4.79 Å². The van der Waals surface area contributed by atoms with E-state index in [0.29, 0.717) is 17.3 Å². The van der Waals surface area contributed by atoms with Gasteiger partial charge in [-0.1, -0.05) is 6.07 Å². The summed E-state index contributed by atoms with van der Waals surface area (Å²) in [6, 6.07) is 7.27. The van der Waals surface area contributed by atoms with Gasteiger partial charge in [0.05, 0.1) is 25.2 Å². The van der Waals surface area contributed by atoms with Crippen LogP contribution in [0.4, 0.5) is 11.5 Å². The SMILES string of the molecule is COc1ccc(C)cc1NC(=O)[C@@H]1CCCN1c1cnc(C#N)cn1. The van der Waals surface area contributed by atoms with Crippen molar-refractivity contribution < 1.29 is 9.53 Å². The number of aryl methyl sites for hydroxylation is 1. The van der Waals surface area contributed by atoms with Crippen molar-refractivity contribution in [2.24, 2.45) is 0 Å². The van der Waals surface area contributed by atoms with Crippen LogP contribution in [0.5, 0.6) is 5.75 Å². The summed E-state index contributed by atoms with van der Waals surface area (Å²) in [7, 11) is 1.58. The number of hydrogen-bond acceptors (Lipinski definition) is 6. The van der Waals surface area contributed by atoms with Gasteiger partial charge in [-0.2, -0.15) is 5.26 Å². The minimum absolute atomic E-state index is 0.104. The highest BCUT2D eigenvalue weighted by molar-refractivity contribution is 5.98. The van der Waals surface area contributed by atoms with Crippen molar-refractivity contribution >= 4 is 17.4 Å². The van der Waals surface area contributed by atoms with Gasteiger partial charge in [0.2, 0.25) is 5.91 Å². The Morgan fingerprint density at radius 1 is 1.40 bits per heavy atom. The number of aromatic nitrogens is 2. The number of nitriles is 1. The lowest BCUT2D eigenvalue weighted by Crippen LogP contribution is -2.40. The van der Waals surface area contributed by atoms with Crippen molar-refractivity contribution in [2.45, 2.75) is 25.8 Å². The lowest BCUT2D eigenvalue weighted by molar-refractivity contribution is -0.117. The highest BCUT2D eigenvalue weighted by atomic mass is 16.5. The number of ether oxygens (including phenoxy) is 1. The summed E-state index contributed by atoms with van der Waals surface area (Å²) in [5, 5.41) is 11.8. The molecular formula is C18H19N5O2. The van der Waals surface area contributed by atoms with Crippen LogP contribution >= 0.6 is 0 Å². The zero-order valence-corrected chi connectivity index (χ0v) is 14.2. The van der Waals surface area contributed by atoms with E-state index in [2.05, 4.69) is 15.3 Å². The molecule has 1 amide bonds. The number of carbonyl (C=O) groups is 1. The average Bonchev–Trinajstić information content (AvgIpc) is 3.12. The van der Waals surface area contributed by atoms with Crippen LogP contribution in [0.3, 0.4) is 0 Å². The van der Waals surface area contributed by atoms with Crippen LogP contribution in [0.2, 0.25) is 0 Å². The number of benzene rings is 1. The Balaban J connectivity index is 1.79. The standard InChI is InChI=1S/C18H19N5O2/c1-12-5-6-16(25-2)14(8-12)22-18(24)15-4-3-7-23(15)17-11-20-13(9-19)10-21-17/h5-6,8,10-11,15H,3-4,7H2,1-2H3,(H,22,24)/t15-/m0/s1. The van der Waals surface area contributed by atoms with E-state index in [1.165, 1.54) is 12.4 Å². The first-order valence-electron chi connectivity index (χ1n) is 8.06. The molecule has 1 aromatic carbocycles. The molecule has 0 spiro atoms. The molecule has 25 heavy (non-hydrogen) atoms. The summed E-state index contributed by atoms with van der Waals surface area (Å²) in [4.78, 5) is 23.0. The number of amides is 1. The molecule has 7 heteroatoms. The van der Waals surface area contributed by atoms with Gasteiger partial charge < -0.3 is 15.0 Å². The molecule has 1 aliphatic heterocycles. The van der Waals surface area contributed by atoms with Crippen LogP contribution in [0.15, 0.2) is 30.6 Å². The third-order valence-electron chi connectivity index (χ3n) is 4.22. The third-order valence-corrected chi connectivity index (χ3v) is 4.22. The van der Waals surface area contributed by atoms with Crippen molar-refractivity contribution in [3.63, 3.8) is 0 Å². The molecular weight excluding hydrogens is 318 g/mol. The molecule has 1 saturated heterocycles. The molecule has 2 aromatic rings. The zero-order valence-electron chi connectivity index (χ0n) is 14.2. The first kappa shape index (κ1) is 16.7. The Bertz CT molecular complexity index is 813. The van der Waals surface area contributed by atoms with E-state index in [1.54, 1.807) is 7.11 Å². The maximum Gasteiger partial charge on any atom is 0.247 e. The minimum atomic E-state index is -0.326. The molecule has 0 bridgehead atoms. The van der Waals surface area contributed by atoms with Gasteiger partial charge in [0.15, 0.2) is 5.69 Å². The molecule has 0 saturated carbocycles. The van der Waals surface area contributed by atoms with Crippen molar-refractivity contribution in [1.82, 2.24) is 9.97 Å². The first-order valence-corrected chi connectivity index (χ1v) is 8.06. The van der Waals surface area contributed by atoms with E-state index >= 15 is 0 Å². The Kier molecular flexibility index (Phi) is 4.80. The maximum atomic E-state index is 12.8. The zero-order chi connectivity index (χ0) is 17.8. The lowest BCUT2D eigenvalue weighted by atomic mass is 10.1. The van der Waals surface area contributed by atoms with Crippen LogP contribution in [0.1, 0.15) is 24.1 Å². The quantitative estimate of drug-likeness (QED) is 0.920. The van der Waals surface area contributed by atoms with E-state index in [4.69, 9.17) is 10.00 Å². The fourth-order valence-corrected chi connectivity index (χ4v) is 2.98. The summed E-state index contributed by atoms with van der Waals surface area (Å²) in [6.45, 7) is 2.69. The first-order chi connectivity index (χ1) is 12.1. The molecule has 3 rings (SSSR count). The largest absolute Gasteiger partial charge is 0.495 e. The van der Waals surface area contributed by atoms with E-state index < -0.39 is 0 Å². The summed E-state index contributed by atoms with van der Waals surface area (Å²) in [5.41, 5.74) is 1.95. The van der Waals surface area contributed by atoms with Gasteiger partial charge in [-0.05, 0) is 37.5 Å². The maximum absolute atomic E-state index is 12.8. The number of anilines is 2. The normalized spacial score (nSPS) is 16.4. The number of nitrogens with zero attached hydrogens (tertiary/aromatic N) is 4. The Morgan fingerprint density at radius 3 is 2.92 bits per heavy atom. The molecule has 2 heterocycles. The van der Waals surface area contributed by atoms with Gasteiger partial charge >= 0.3 is 0 Å². The van der Waals surface area contributed by atoms with Crippen LogP contribution in [0, 0.1) is 18.3 Å². The minimum Gasteiger partial charge on any atom is -0.495 e. The summed E-state index contributed by atoms with van der Waals surface area (Å²) in [5.74, 6) is 1.13. The highest BCUT2D eigenvalue weighted by Crippen LogP contribution is 2.28. The second-order valence-electron chi connectivity index (χ2n) is 5.92. The fraction of sp³-hybridized carbons (Fsp3) is 0.333.